The predicted octanol–water partition coefficient (Wildman–Crippen LogP) is 0.985. The Morgan fingerprint density at radius 2 is 2.12 bits per heavy atom. The van der Waals surface area contributed by atoms with E-state index in [2.05, 4.69) is 9.74 Å². The van der Waals surface area contributed by atoms with Crippen molar-refractivity contribution < 1.29 is 29.0 Å². The van der Waals surface area contributed by atoms with Crippen LogP contribution in [0.2, 0.25) is 0 Å². The number of hydrogen-bond acceptors (Lipinski definition) is 8. The van der Waals surface area contributed by atoms with Gasteiger partial charge in [0.15, 0.2) is 0 Å². The molecule has 0 amide bonds. The average Bonchev–Trinajstić information content (AvgIpc) is 2.63. The number of methoxy groups -OCH3 is 1. The highest BCUT2D eigenvalue weighted by Gasteiger charge is 2.16. The number of rotatable bonds is 9. The van der Waals surface area contributed by atoms with Gasteiger partial charge in [0.2, 0.25) is 0 Å². The predicted molar refractivity (Wildman–Crippen MR) is 84.9 cm³/mol. The van der Waals surface area contributed by atoms with Crippen LogP contribution in [-0.2, 0) is 20.9 Å². The number of carbonyl (C=O) groups is 1. The van der Waals surface area contributed by atoms with Crippen molar-refractivity contribution in [3.8, 4) is 5.75 Å². The van der Waals surface area contributed by atoms with Crippen LogP contribution in [-0.4, -0.2) is 62.7 Å². The van der Waals surface area contributed by atoms with Gasteiger partial charge in [-0.3, -0.25) is 14.9 Å². The molecular weight excluding hydrogens is 316 g/mol. The molecule has 0 atom stereocenters. The third kappa shape index (κ3) is 5.73. The van der Waals surface area contributed by atoms with Crippen molar-refractivity contribution >= 4 is 5.97 Å². The van der Waals surface area contributed by atoms with Crippen LogP contribution in [0.4, 0.5) is 0 Å². The molecule has 1 heterocycles. The minimum atomic E-state index is -0.398. The van der Waals surface area contributed by atoms with Crippen LogP contribution in [0.15, 0.2) is 18.2 Å². The highest BCUT2D eigenvalue weighted by atomic mass is 16.8. The fourth-order valence-electron chi connectivity index (χ4n) is 2.42. The van der Waals surface area contributed by atoms with Gasteiger partial charge in [-0.15, -0.1) is 0 Å². The zero-order chi connectivity index (χ0) is 17.2. The number of ether oxygens (including phenoxy) is 3. The molecule has 2 N–H and O–H groups in total. The molecule has 8 heteroatoms. The number of hydrogen-bond donors (Lipinski definition) is 2. The average molecular weight is 340 g/mol. The van der Waals surface area contributed by atoms with E-state index in [1.54, 1.807) is 17.8 Å². The molecule has 1 fully saturated rings. The van der Waals surface area contributed by atoms with Gasteiger partial charge in [0.05, 0.1) is 39.1 Å². The highest BCUT2D eigenvalue weighted by Crippen LogP contribution is 2.23. The summed E-state index contributed by atoms with van der Waals surface area (Å²) in [6.07, 6.45) is 0.590. The monoisotopic (exact) mass is 340 g/mol. The molecule has 24 heavy (non-hydrogen) atoms. The molecule has 0 saturated carbocycles. The largest absolute Gasteiger partial charge is 0.493 e. The first-order chi connectivity index (χ1) is 11.7. The Balaban J connectivity index is 2.03. The smallest absolute Gasteiger partial charge is 0.337 e. The van der Waals surface area contributed by atoms with E-state index < -0.39 is 5.97 Å². The van der Waals surface area contributed by atoms with Crippen molar-refractivity contribution in [3.05, 3.63) is 29.3 Å². The lowest BCUT2D eigenvalue weighted by molar-refractivity contribution is -0.128. The third-order valence-corrected chi connectivity index (χ3v) is 3.70. The minimum Gasteiger partial charge on any atom is -0.493 e. The fraction of sp³-hybridized carbons (Fsp3) is 0.562. The van der Waals surface area contributed by atoms with Gasteiger partial charge in [-0.25, -0.2) is 4.79 Å². The number of carbonyl (C=O) groups excluding carboxylic acids is 1. The molecule has 0 aliphatic carbocycles. The second-order valence-corrected chi connectivity index (χ2v) is 5.34. The Labute approximate surface area is 141 Å². The van der Waals surface area contributed by atoms with Gasteiger partial charge in [0.25, 0.3) is 0 Å². The summed E-state index contributed by atoms with van der Waals surface area (Å²) in [5, 5.41) is 8.35. The maximum absolute atomic E-state index is 11.7. The molecule has 1 aliphatic heterocycles. The van der Waals surface area contributed by atoms with Crippen molar-refractivity contribution in [2.45, 2.75) is 13.0 Å². The van der Waals surface area contributed by atoms with Crippen LogP contribution < -0.4 is 10.4 Å². The van der Waals surface area contributed by atoms with Crippen LogP contribution in [0.5, 0.6) is 5.75 Å². The Kier molecular flexibility index (Phi) is 7.93. The summed E-state index contributed by atoms with van der Waals surface area (Å²) in [5.41, 5.74) is 3.08. The van der Waals surface area contributed by atoms with Crippen LogP contribution in [0, 0.1) is 0 Å². The molecule has 0 aromatic heterocycles. The molecular formula is C16H24N2O6. The molecule has 1 aromatic rings. The van der Waals surface area contributed by atoms with Gasteiger partial charge < -0.3 is 14.2 Å². The van der Waals surface area contributed by atoms with Crippen molar-refractivity contribution in [2.24, 2.45) is 0 Å². The zero-order valence-corrected chi connectivity index (χ0v) is 13.8. The van der Waals surface area contributed by atoms with E-state index in [4.69, 9.17) is 19.4 Å². The van der Waals surface area contributed by atoms with Crippen molar-refractivity contribution in [2.75, 3.05) is 46.6 Å². The van der Waals surface area contributed by atoms with Gasteiger partial charge >= 0.3 is 5.97 Å². The van der Waals surface area contributed by atoms with E-state index in [9.17, 15) is 4.79 Å². The summed E-state index contributed by atoms with van der Waals surface area (Å²) in [5.74, 6) is 0.256. The maximum atomic E-state index is 11.7. The third-order valence-electron chi connectivity index (χ3n) is 3.70. The quantitative estimate of drug-likeness (QED) is 0.391. The summed E-state index contributed by atoms with van der Waals surface area (Å²) >= 11 is 0. The van der Waals surface area contributed by atoms with Crippen molar-refractivity contribution in [1.29, 1.82) is 0 Å². The first kappa shape index (κ1) is 18.6. The lowest BCUT2D eigenvalue weighted by Gasteiger charge is -2.27. The van der Waals surface area contributed by atoms with Crippen LogP contribution >= 0.6 is 0 Å². The van der Waals surface area contributed by atoms with E-state index in [0.717, 1.165) is 38.4 Å². The second-order valence-electron chi connectivity index (χ2n) is 5.34. The number of benzene rings is 1. The molecule has 0 radical (unpaired) electrons. The molecule has 1 aliphatic rings. The van der Waals surface area contributed by atoms with Crippen LogP contribution in [0.25, 0.3) is 0 Å². The van der Waals surface area contributed by atoms with E-state index >= 15 is 0 Å². The SMILES string of the molecule is COC(=O)c1ccc(CN2CCOCC2)c(OCCCONO)c1. The van der Waals surface area contributed by atoms with Gasteiger partial charge in [-0.2, -0.15) is 0 Å². The van der Waals surface area contributed by atoms with Gasteiger partial charge in [-0.1, -0.05) is 11.7 Å². The summed E-state index contributed by atoms with van der Waals surface area (Å²) in [6, 6.07) is 5.34. The molecule has 134 valence electrons. The Morgan fingerprint density at radius 3 is 2.83 bits per heavy atom. The van der Waals surface area contributed by atoms with E-state index in [1.165, 1.54) is 7.11 Å². The summed E-state index contributed by atoms with van der Waals surface area (Å²) < 4.78 is 15.9. The number of morpholine rings is 1. The van der Waals surface area contributed by atoms with Crippen molar-refractivity contribution in [1.82, 2.24) is 10.5 Å². The lowest BCUT2D eigenvalue weighted by atomic mass is 10.1. The number of nitrogens with one attached hydrogen (secondary N) is 1. The Bertz CT molecular complexity index is 519. The molecule has 0 spiro atoms. The molecule has 0 bridgehead atoms. The molecule has 1 aromatic carbocycles. The summed E-state index contributed by atoms with van der Waals surface area (Å²) in [6.45, 7) is 4.63. The fourth-order valence-corrected chi connectivity index (χ4v) is 2.42. The van der Waals surface area contributed by atoms with Crippen LogP contribution in [0.3, 0.4) is 0 Å². The van der Waals surface area contributed by atoms with E-state index in [1.807, 2.05) is 6.07 Å². The number of nitrogens with zero attached hydrogens (tertiary/aromatic N) is 1. The number of esters is 1. The lowest BCUT2D eigenvalue weighted by Crippen LogP contribution is -2.35. The second kappa shape index (κ2) is 10.2. The summed E-state index contributed by atoms with van der Waals surface area (Å²) in [4.78, 5) is 18.6. The molecule has 8 nitrogen and oxygen atoms in total. The minimum absolute atomic E-state index is 0.311. The molecule has 1 saturated heterocycles. The molecule has 0 unspecified atom stereocenters. The van der Waals surface area contributed by atoms with E-state index in [-0.39, 0.29) is 0 Å². The van der Waals surface area contributed by atoms with Gasteiger partial charge in [0.1, 0.15) is 5.75 Å². The first-order valence-electron chi connectivity index (χ1n) is 7.89. The zero-order valence-electron chi connectivity index (χ0n) is 13.8. The molecule has 2 rings (SSSR count). The van der Waals surface area contributed by atoms with Crippen LogP contribution in [0.1, 0.15) is 22.3 Å². The normalized spacial score (nSPS) is 15.2. The Morgan fingerprint density at radius 1 is 1.33 bits per heavy atom. The first-order valence-corrected chi connectivity index (χ1v) is 7.89. The standard InChI is InChI=1S/C16H24N2O6/c1-21-16(19)13-3-4-14(12-18-5-9-22-10-6-18)15(11-13)23-7-2-8-24-17-20/h3-4,11,17,20H,2,5-10,12H2,1H3. The van der Waals surface area contributed by atoms with Crippen molar-refractivity contribution in [3.63, 3.8) is 0 Å². The van der Waals surface area contributed by atoms with Gasteiger partial charge in [0, 0.05) is 31.6 Å². The maximum Gasteiger partial charge on any atom is 0.337 e. The Hall–Kier alpha value is -1.71. The van der Waals surface area contributed by atoms with E-state index in [0.29, 0.717) is 30.9 Å². The topological polar surface area (TPSA) is 89.5 Å². The van der Waals surface area contributed by atoms with Gasteiger partial charge in [-0.05, 0) is 12.1 Å². The summed E-state index contributed by atoms with van der Waals surface area (Å²) in [7, 11) is 1.35. The highest BCUT2D eigenvalue weighted by molar-refractivity contribution is 5.89.